The molecule has 0 aromatic carbocycles. The Hall–Kier alpha value is -1.32. The number of rotatable bonds is 2. The molecule has 1 amide bonds. The molecule has 0 spiro atoms. The summed E-state index contributed by atoms with van der Waals surface area (Å²) in [6.07, 6.45) is 7.94. The molecule has 0 aliphatic heterocycles. The van der Waals surface area contributed by atoms with Crippen molar-refractivity contribution in [1.82, 2.24) is 5.32 Å². The molecule has 0 radical (unpaired) electrons. The van der Waals surface area contributed by atoms with Crippen LogP contribution in [-0.2, 0) is 4.84 Å². The Kier molecular flexibility index (Phi) is 4.27. The van der Waals surface area contributed by atoms with Gasteiger partial charge in [-0.05, 0) is 49.9 Å². The molecule has 4 nitrogen and oxygen atoms in total. The summed E-state index contributed by atoms with van der Waals surface area (Å²) in [4.78, 5) is 16.6. The zero-order valence-corrected chi connectivity index (χ0v) is 12.2. The lowest BCUT2D eigenvalue weighted by Crippen LogP contribution is -2.31. The third kappa shape index (κ3) is 4.08. The van der Waals surface area contributed by atoms with E-state index < -0.39 is 6.09 Å². The fraction of sp³-hybridized carbons (Fsp3) is 0.733. The Balaban J connectivity index is 1.85. The van der Waals surface area contributed by atoms with Gasteiger partial charge in [-0.1, -0.05) is 32.0 Å². The third-order valence-corrected chi connectivity index (χ3v) is 3.95. The van der Waals surface area contributed by atoms with Crippen molar-refractivity contribution in [2.75, 3.05) is 0 Å². The molecule has 0 aromatic heterocycles. The predicted molar refractivity (Wildman–Crippen MR) is 75.8 cm³/mol. The number of allylic oxidation sites excluding steroid dienone is 2. The van der Waals surface area contributed by atoms with Gasteiger partial charge in [0.25, 0.3) is 0 Å². The molecule has 1 atom stereocenters. The van der Waals surface area contributed by atoms with Gasteiger partial charge in [-0.2, -0.15) is 0 Å². The highest BCUT2D eigenvalue weighted by atomic mass is 16.7. The van der Waals surface area contributed by atoms with Crippen molar-refractivity contribution < 1.29 is 9.63 Å². The zero-order valence-electron chi connectivity index (χ0n) is 12.2. The number of oxime groups is 1. The number of nitrogens with one attached hydrogen (secondary N) is 1. The molecule has 0 heterocycles. The molecule has 0 bridgehead atoms. The van der Waals surface area contributed by atoms with Crippen LogP contribution in [-0.4, -0.2) is 11.8 Å². The van der Waals surface area contributed by atoms with Gasteiger partial charge in [0.1, 0.15) is 0 Å². The van der Waals surface area contributed by atoms with Crippen LogP contribution in [0.15, 0.2) is 16.9 Å². The predicted octanol–water partition coefficient (Wildman–Crippen LogP) is 3.98. The summed E-state index contributed by atoms with van der Waals surface area (Å²) in [6.45, 7) is 6.64. The number of carbonyl (C=O) groups is 1. The molecule has 1 unspecified atom stereocenters. The van der Waals surface area contributed by atoms with Crippen molar-refractivity contribution in [3.05, 3.63) is 11.8 Å². The Labute approximate surface area is 115 Å². The van der Waals surface area contributed by atoms with E-state index in [1.165, 1.54) is 0 Å². The van der Waals surface area contributed by atoms with Crippen LogP contribution in [0.5, 0.6) is 0 Å². The summed E-state index contributed by atoms with van der Waals surface area (Å²) in [7, 11) is 0. The smallest absolute Gasteiger partial charge is 0.298 e. The minimum atomic E-state index is -0.461. The number of nitrogens with zero attached hydrogens (tertiary/aromatic N) is 1. The monoisotopic (exact) mass is 264 g/mol. The second-order valence-corrected chi connectivity index (χ2v) is 6.50. The second kappa shape index (κ2) is 5.76. The van der Waals surface area contributed by atoms with E-state index in [-0.39, 0.29) is 0 Å². The molecular formula is C15H24N2O2. The van der Waals surface area contributed by atoms with Gasteiger partial charge in [-0.3, -0.25) is 10.2 Å². The number of carbonyl (C=O) groups excluding carboxylic acids is 1. The lowest BCUT2D eigenvalue weighted by atomic mass is 9.75. The van der Waals surface area contributed by atoms with Crippen LogP contribution in [0.2, 0.25) is 0 Å². The first-order valence-electron chi connectivity index (χ1n) is 7.20. The minimum Gasteiger partial charge on any atom is -0.298 e. The molecule has 4 heteroatoms. The van der Waals surface area contributed by atoms with Crippen LogP contribution >= 0.6 is 0 Å². The first kappa shape index (κ1) is 14.1. The van der Waals surface area contributed by atoms with Crippen LogP contribution in [0.1, 0.15) is 59.3 Å². The summed E-state index contributed by atoms with van der Waals surface area (Å²) in [6, 6.07) is 0. The van der Waals surface area contributed by atoms with Crippen LogP contribution in [0.3, 0.4) is 0 Å². The highest BCUT2D eigenvalue weighted by Crippen LogP contribution is 2.36. The molecule has 0 saturated heterocycles. The van der Waals surface area contributed by atoms with Crippen LogP contribution < -0.4 is 5.32 Å². The van der Waals surface area contributed by atoms with E-state index in [0.717, 1.165) is 49.9 Å². The van der Waals surface area contributed by atoms with E-state index in [1.807, 2.05) is 0 Å². The van der Waals surface area contributed by atoms with Gasteiger partial charge < -0.3 is 0 Å². The van der Waals surface area contributed by atoms with Crippen LogP contribution in [0.25, 0.3) is 0 Å². The first-order valence-corrected chi connectivity index (χ1v) is 7.20. The number of hydrogen-bond donors (Lipinski definition) is 1. The summed E-state index contributed by atoms with van der Waals surface area (Å²) in [5, 5.41) is 6.74. The topological polar surface area (TPSA) is 50.7 Å². The molecule has 2 aliphatic rings. The molecule has 2 rings (SSSR count). The van der Waals surface area contributed by atoms with Gasteiger partial charge >= 0.3 is 6.09 Å². The maximum absolute atomic E-state index is 11.7. The molecular weight excluding hydrogens is 240 g/mol. The van der Waals surface area contributed by atoms with Gasteiger partial charge in [0, 0.05) is 5.70 Å². The van der Waals surface area contributed by atoms with Gasteiger partial charge in [0.2, 0.25) is 0 Å². The molecule has 1 saturated carbocycles. The molecule has 2 aliphatic carbocycles. The largest absolute Gasteiger partial charge is 0.437 e. The van der Waals surface area contributed by atoms with Crippen molar-refractivity contribution >= 4 is 11.8 Å². The standard InChI is InChI=1S/C15H24N2O2/c1-11-10-15(2,3)9-8-13(11)16-14(18)19-17-12-6-4-5-7-12/h8,11H,4-7,9-10H2,1-3H3,(H,16,18). The molecule has 106 valence electrons. The van der Waals surface area contributed by atoms with Crippen molar-refractivity contribution in [3.8, 4) is 0 Å². The first-order chi connectivity index (χ1) is 8.96. The molecule has 19 heavy (non-hydrogen) atoms. The molecule has 0 aromatic rings. The fourth-order valence-electron chi connectivity index (χ4n) is 2.90. The SMILES string of the molecule is CC1CC(C)(C)CC=C1NC(=O)ON=C1CCCC1. The highest BCUT2D eigenvalue weighted by molar-refractivity contribution is 5.86. The van der Waals surface area contributed by atoms with E-state index >= 15 is 0 Å². The van der Waals surface area contributed by atoms with Crippen LogP contribution in [0, 0.1) is 11.3 Å². The van der Waals surface area contributed by atoms with Crippen molar-refractivity contribution in [3.63, 3.8) is 0 Å². The zero-order chi connectivity index (χ0) is 13.9. The quantitative estimate of drug-likeness (QED) is 0.605. The van der Waals surface area contributed by atoms with E-state index in [4.69, 9.17) is 4.84 Å². The Bertz CT molecular complexity index is 402. The van der Waals surface area contributed by atoms with Crippen LogP contribution in [0.4, 0.5) is 4.79 Å². The molecule has 1 N–H and O–H groups in total. The highest BCUT2D eigenvalue weighted by Gasteiger charge is 2.27. The maximum Gasteiger partial charge on any atom is 0.437 e. The van der Waals surface area contributed by atoms with Gasteiger partial charge in [-0.25, -0.2) is 4.79 Å². The maximum atomic E-state index is 11.7. The lowest BCUT2D eigenvalue weighted by molar-refractivity contribution is 0.150. The van der Waals surface area contributed by atoms with Crippen molar-refractivity contribution in [2.24, 2.45) is 16.5 Å². The van der Waals surface area contributed by atoms with Gasteiger partial charge in [0.05, 0.1) is 5.71 Å². The Morgan fingerprint density at radius 2 is 2.11 bits per heavy atom. The van der Waals surface area contributed by atoms with E-state index in [1.54, 1.807) is 0 Å². The van der Waals surface area contributed by atoms with Crippen molar-refractivity contribution in [1.29, 1.82) is 0 Å². The average molecular weight is 264 g/mol. The van der Waals surface area contributed by atoms with Gasteiger partial charge in [-0.15, -0.1) is 0 Å². The Morgan fingerprint density at radius 3 is 2.74 bits per heavy atom. The third-order valence-electron chi connectivity index (χ3n) is 3.95. The van der Waals surface area contributed by atoms with E-state index in [9.17, 15) is 4.79 Å². The van der Waals surface area contributed by atoms with Crippen molar-refractivity contribution in [2.45, 2.75) is 59.3 Å². The molecule has 1 fully saturated rings. The second-order valence-electron chi connectivity index (χ2n) is 6.50. The normalized spacial score (nSPS) is 25.7. The minimum absolute atomic E-state index is 0.318. The summed E-state index contributed by atoms with van der Waals surface area (Å²) in [5.74, 6) is 0.357. The van der Waals surface area contributed by atoms with Gasteiger partial charge in [0.15, 0.2) is 0 Å². The summed E-state index contributed by atoms with van der Waals surface area (Å²) >= 11 is 0. The summed E-state index contributed by atoms with van der Waals surface area (Å²) in [5.41, 5.74) is 2.29. The number of amides is 1. The fourth-order valence-corrected chi connectivity index (χ4v) is 2.90. The van der Waals surface area contributed by atoms with E-state index in [2.05, 4.69) is 37.3 Å². The lowest BCUT2D eigenvalue weighted by Gasteiger charge is -2.33. The number of hydrogen-bond acceptors (Lipinski definition) is 3. The van der Waals surface area contributed by atoms with E-state index in [0.29, 0.717) is 11.3 Å². The Morgan fingerprint density at radius 1 is 1.42 bits per heavy atom. The summed E-state index contributed by atoms with van der Waals surface area (Å²) < 4.78 is 0. The average Bonchev–Trinajstić information content (AvgIpc) is 2.83.